The third-order valence-corrected chi connectivity index (χ3v) is 6.99. The van der Waals surface area contributed by atoms with Crippen LogP contribution in [0.2, 0.25) is 0 Å². The number of hydrogen-bond donors (Lipinski definition) is 0. The molecule has 0 bridgehead atoms. The van der Waals surface area contributed by atoms with Crippen LogP contribution in [0.3, 0.4) is 0 Å². The summed E-state index contributed by atoms with van der Waals surface area (Å²) in [6.45, 7) is 0. The third kappa shape index (κ3) is 4.37. The Balaban J connectivity index is 1.46. The number of fused-ring (bicyclic) bond motifs is 3. The number of furan rings is 1. The smallest absolute Gasteiger partial charge is 0.227 e. The number of nitrogens with zero attached hydrogens (tertiary/aromatic N) is 2. The number of aromatic nitrogens is 1. The van der Waals surface area contributed by atoms with E-state index in [0.29, 0.717) is 39.5 Å². The highest BCUT2D eigenvalue weighted by Gasteiger charge is 2.19. The fraction of sp³-hybridized carbons (Fsp3) is 0. The summed E-state index contributed by atoms with van der Waals surface area (Å²) in [5.41, 5.74) is 6.17. The SMILES string of the molecule is Fc1cc(-c2ccccc2)cc(N(c2cc(F)cc(-c3ccccc3)c2)c2ccc3c(c2)oc2ncccc23)c1. The second kappa shape index (κ2) is 9.79. The van der Waals surface area contributed by atoms with Crippen molar-refractivity contribution in [2.75, 3.05) is 4.90 Å². The van der Waals surface area contributed by atoms with Crippen molar-refractivity contribution in [3.63, 3.8) is 0 Å². The first kappa shape index (κ1) is 23.8. The maximum absolute atomic E-state index is 15.2. The highest BCUT2D eigenvalue weighted by Crippen LogP contribution is 2.41. The van der Waals surface area contributed by atoms with Crippen LogP contribution in [0.4, 0.5) is 25.8 Å². The van der Waals surface area contributed by atoms with Crippen LogP contribution >= 0.6 is 0 Å². The van der Waals surface area contributed by atoms with Crippen LogP contribution in [0.1, 0.15) is 0 Å². The second-order valence-corrected chi connectivity index (χ2v) is 9.60. The summed E-state index contributed by atoms with van der Waals surface area (Å²) in [5.74, 6) is -0.787. The molecule has 3 nitrogen and oxygen atoms in total. The van der Waals surface area contributed by atoms with Gasteiger partial charge in [0, 0.05) is 40.1 Å². The van der Waals surface area contributed by atoms with E-state index >= 15 is 8.78 Å². The first-order valence-corrected chi connectivity index (χ1v) is 12.9. The Morgan fingerprint density at radius 3 is 1.70 bits per heavy atom. The molecule has 2 aromatic heterocycles. The first-order valence-electron chi connectivity index (χ1n) is 12.9. The molecule has 192 valence electrons. The van der Waals surface area contributed by atoms with E-state index in [0.717, 1.165) is 21.9 Å². The zero-order chi connectivity index (χ0) is 27.1. The van der Waals surface area contributed by atoms with Crippen LogP contribution in [0, 0.1) is 11.6 Å². The van der Waals surface area contributed by atoms with E-state index in [4.69, 9.17) is 4.42 Å². The molecule has 5 aromatic carbocycles. The molecule has 0 amide bonds. The van der Waals surface area contributed by atoms with Gasteiger partial charge in [-0.2, -0.15) is 0 Å². The molecule has 0 unspecified atom stereocenters. The molecule has 0 aliphatic carbocycles. The van der Waals surface area contributed by atoms with Gasteiger partial charge in [-0.25, -0.2) is 13.8 Å². The summed E-state index contributed by atoms with van der Waals surface area (Å²) < 4.78 is 36.4. The Labute approximate surface area is 229 Å². The lowest BCUT2D eigenvalue weighted by atomic mass is 10.0. The lowest BCUT2D eigenvalue weighted by Gasteiger charge is -2.27. The topological polar surface area (TPSA) is 29.3 Å². The Hall–Kier alpha value is -5.29. The fourth-order valence-corrected chi connectivity index (χ4v) is 5.19. The Kier molecular flexibility index (Phi) is 5.82. The number of hydrogen-bond acceptors (Lipinski definition) is 3. The maximum atomic E-state index is 15.2. The van der Waals surface area contributed by atoms with Crippen LogP contribution in [0.15, 0.2) is 138 Å². The number of benzene rings is 5. The standard InChI is InChI=1S/C35H22F2N2O/c36-27-16-25(23-8-3-1-4-9-23)18-30(20-27)39(31-19-26(17-28(37)21-31)24-10-5-2-6-11-24)29-13-14-32-33-12-7-15-38-35(33)40-34(32)22-29/h1-22H. The Morgan fingerprint density at radius 2 is 1.10 bits per heavy atom. The molecule has 0 radical (unpaired) electrons. The largest absolute Gasteiger partial charge is 0.438 e. The minimum atomic E-state index is -0.393. The molecule has 7 rings (SSSR count). The van der Waals surface area contributed by atoms with Gasteiger partial charge >= 0.3 is 0 Å². The van der Waals surface area contributed by atoms with E-state index in [1.54, 1.807) is 6.20 Å². The summed E-state index contributed by atoms with van der Waals surface area (Å²) >= 11 is 0. The third-order valence-electron chi connectivity index (χ3n) is 6.99. The summed E-state index contributed by atoms with van der Waals surface area (Å²) in [4.78, 5) is 6.20. The monoisotopic (exact) mass is 524 g/mol. The molecule has 0 saturated heterocycles. The minimum absolute atomic E-state index is 0.393. The zero-order valence-electron chi connectivity index (χ0n) is 21.3. The molecule has 7 aromatic rings. The van der Waals surface area contributed by atoms with Crippen molar-refractivity contribution in [1.82, 2.24) is 4.98 Å². The van der Waals surface area contributed by atoms with Crippen molar-refractivity contribution >= 4 is 39.1 Å². The van der Waals surface area contributed by atoms with Gasteiger partial charge in [-0.05, 0) is 82.9 Å². The quantitative estimate of drug-likeness (QED) is 0.224. The van der Waals surface area contributed by atoms with Crippen molar-refractivity contribution in [3.8, 4) is 22.3 Å². The van der Waals surface area contributed by atoms with Gasteiger partial charge in [-0.15, -0.1) is 0 Å². The number of pyridine rings is 1. The summed E-state index contributed by atoms with van der Waals surface area (Å²) in [5, 5.41) is 1.82. The number of rotatable bonds is 5. The van der Waals surface area contributed by atoms with Crippen molar-refractivity contribution in [2.45, 2.75) is 0 Å². The minimum Gasteiger partial charge on any atom is -0.438 e. The van der Waals surface area contributed by atoms with Gasteiger partial charge in [0.15, 0.2) is 0 Å². The van der Waals surface area contributed by atoms with Gasteiger partial charge in [-0.3, -0.25) is 0 Å². The van der Waals surface area contributed by atoms with E-state index in [9.17, 15) is 0 Å². The van der Waals surface area contributed by atoms with Crippen LogP contribution < -0.4 is 4.90 Å². The normalized spacial score (nSPS) is 11.2. The van der Waals surface area contributed by atoms with Crippen LogP contribution in [0.5, 0.6) is 0 Å². The van der Waals surface area contributed by atoms with Crippen molar-refractivity contribution in [2.24, 2.45) is 0 Å². The van der Waals surface area contributed by atoms with Crippen LogP contribution in [-0.4, -0.2) is 4.98 Å². The molecule has 0 spiro atoms. The van der Waals surface area contributed by atoms with Gasteiger partial charge in [-0.1, -0.05) is 60.7 Å². The molecular formula is C35H22F2N2O. The van der Waals surface area contributed by atoms with E-state index in [-0.39, 0.29) is 0 Å². The molecule has 0 fully saturated rings. The summed E-state index contributed by atoms with van der Waals surface area (Å²) in [6.07, 6.45) is 1.69. The molecular weight excluding hydrogens is 502 g/mol. The van der Waals surface area contributed by atoms with E-state index in [1.807, 2.05) is 108 Å². The highest BCUT2D eigenvalue weighted by molar-refractivity contribution is 6.05. The Bertz CT molecular complexity index is 1900. The molecule has 2 heterocycles. The number of anilines is 3. The van der Waals surface area contributed by atoms with Gasteiger partial charge in [0.05, 0.1) is 0 Å². The van der Waals surface area contributed by atoms with Gasteiger partial charge < -0.3 is 9.32 Å². The average Bonchev–Trinajstić information content (AvgIpc) is 3.36. The second-order valence-electron chi connectivity index (χ2n) is 9.60. The van der Waals surface area contributed by atoms with E-state index < -0.39 is 11.6 Å². The lowest BCUT2D eigenvalue weighted by Crippen LogP contribution is -2.11. The molecule has 0 aliphatic heterocycles. The van der Waals surface area contributed by atoms with Gasteiger partial charge in [0.25, 0.3) is 0 Å². The van der Waals surface area contributed by atoms with E-state index in [2.05, 4.69) is 4.98 Å². The van der Waals surface area contributed by atoms with Crippen LogP contribution in [0.25, 0.3) is 44.3 Å². The number of halogens is 2. The lowest BCUT2D eigenvalue weighted by molar-refractivity contribution is 0.627. The fourth-order valence-electron chi connectivity index (χ4n) is 5.19. The summed E-state index contributed by atoms with van der Waals surface area (Å²) in [7, 11) is 0. The average molecular weight is 525 g/mol. The zero-order valence-corrected chi connectivity index (χ0v) is 21.3. The van der Waals surface area contributed by atoms with Gasteiger partial charge in [0.2, 0.25) is 5.71 Å². The maximum Gasteiger partial charge on any atom is 0.227 e. The predicted octanol–water partition coefficient (Wildman–Crippen LogP) is 10.1. The highest BCUT2D eigenvalue weighted by atomic mass is 19.1. The Morgan fingerprint density at radius 1 is 0.500 bits per heavy atom. The molecule has 0 saturated carbocycles. The van der Waals surface area contributed by atoms with Crippen molar-refractivity contribution < 1.29 is 13.2 Å². The summed E-state index contributed by atoms with van der Waals surface area (Å²) in [6, 6.07) is 38.6. The molecule has 5 heteroatoms. The van der Waals surface area contributed by atoms with Crippen molar-refractivity contribution in [1.29, 1.82) is 0 Å². The van der Waals surface area contributed by atoms with E-state index in [1.165, 1.54) is 24.3 Å². The predicted molar refractivity (Wildman–Crippen MR) is 157 cm³/mol. The van der Waals surface area contributed by atoms with Crippen molar-refractivity contribution in [3.05, 3.63) is 145 Å². The van der Waals surface area contributed by atoms with Gasteiger partial charge in [0.1, 0.15) is 17.2 Å². The molecule has 40 heavy (non-hydrogen) atoms. The van der Waals surface area contributed by atoms with Crippen LogP contribution in [-0.2, 0) is 0 Å². The molecule has 0 atom stereocenters. The molecule has 0 N–H and O–H groups in total. The first-order chi connectivity index (χ1) is 19.6. The molecule has 0 aliphatic rings.